The van der Waals surface area contributed by atoms with Crippen LogP contribution in [0.25, 0.3) is 10.2 Å². The quantitative estimate of drug-likeness (QED) is 0.741. The summed E-state index contributed by atoms with van der Waals surface area (Å²) in [6, 6.07) is 10.8. The van der Waals surface area contributed by atoms with Crippen LogP contribution < -0.4 is 5.32 Å². The summed E-state index contributed by atoms with van der Waals surface area (Å²) in [7, 11) is 1.80. The molecule has 1 atom stereocenters. The van der Waals surface area contributed by atoms with Crippen molar-refractivity contribution in [2.75, 3.05) is 18.9 Å². The molecule has 0 spiro atoms. The van der Waals surface area contributed by atoms with Crippen LogP contribution in [0.1, 0.15) is 18.0 Å². The molecule has 130 valence electrons. The maximum absolute atomic E-state index is 13.6. The molecule has 1 amide bonds. The van der Waals surface area contributed by atoms with Crippen molar-refractivity contribution < 1.29 is 13.6 Å². The first kappa shape index (κ1) is 17.4. The second-order valence-corrected chi connectivity index (χ2v) is 6.85. The fraction of sp³-hybridized carbons (Fsp3) is 0.222. The third-order valence-corrected chi connectivity index (χ3v) is 5.13. The molecule has 25 heavy (non-hydrogen) atoms. The Hall–Kier alpha value is -2.38. The summed E-state index contributed by atoms with van der Waals surface area (Å²) in [4.78, 5) is 18.6. The van der Waals surface area contributed by atoms with Gasteiger partial charge in [-0.25, -0.2) is 13.8 Å². The predicted molar refractivity (Wildman–Crippen MR) is 95.7 cm³/mol. The molecule has 0 aliphatic heterocycles. The number of aromatic nitrogens is 1. The summed E-state index contributed by atoms with van der Waals surface area (Å²) in [6.45, 7) is 2.03. The van der Waals surface area contributed by atoms with Crippen LogP contribution in [0.3, 0.4) is 0 Å². The van der Waals surface area contributed by atoms with Gasteiger partial charge in [0.25, 0.3) is 0 Å². The average molecular weight is 361 g/mol. The zero-order valence-electron chi connectivity index (χ0n) is 13.8. The van der Waals surface area contributed by atoms with Gasteiger partial charge >= 0.3 is 0 Å². The normalized spacial score (nSPS) is 12.5. The lowest BCUT2D eigenvalue weighted by molar-refractivity contribution is -0.117. The Kier molecular flexibility index (Phi) is 5.06. The molecule has 3 rings (SSSR count). The van der Waals surface area contributed by atoms with Crippen molar-refractivity contribution >= 4 is 33.1 Å². The van der Waals surface area contributed by atoms with Gasteiger partial charge in [-0.1, -0.05) is 12.1 Å². The van der Waals surface area contributed by atoms with Gasteiger partial charge in [0.1, 0.15) is 16.6 Å². The fourth-order valence-corrected chi connectivity index (χ4v) is 3.49. The first-order valence-corrected chi connectivity index (χ1v) is 8.56. The van der Waals surface area contributed by atoms with E-state index < -0.39 is 11.6 Å². The predicted octanol–water partition coefficient (Wildman–Crippen LogP) is 4.21. The van der Waals surface area contributed by atoms with Crippen molar-refractivity contribution in [2.45, 2.75) is 13.0 Å². The zero-order chi connectivity index (χ0) is 18.0. The number of fused-ring (bicyclic) bond motifs is 1. The molecule has 7 heteroatoms. The summed E-state index contributed by atoms with van der Waals surface area (Å²) in [5, 5.41) is 3.37. The van der Waals surface area contributed by atoms with Crippen LogP contribution in [0.4, 0.5) is 14.5 Å². The number of nitrogens with one attached hydrogen (secondary N) is 1. The van der Waals surface area contributed by atoms with Crippen molar-refractivity contribution in [3.8, 4) is 0 Å². The van der Waals surface area contributed by atoms with E-state index in [0.717, 1.165) is 27.4 Å². The van der Waals surface area contributed by atoms with Gasteiger partial charge in [-0.15, -0.1) is 11.3 Å². The Labute approximate surface area is 148 Å². The number of halogens is 2. The highest BCUT2D eigenvalue weighted by Gasteiger charge is 2.19. The summed E-state index contributed by atoms with van der Waals surface area (Å²) in [6.07, 6.45) is 0. The van der Waals surface area contributed by atoms with Gasteiger partial charge in [0.05, 0.1) is 28.5 Å². The molecule has 0 bridgehead atoms. The maximum Gasteiger partial charge on any atom is 0.238 e. The number of likely N-dealkylation sites (N-methyl/N-ethyl adjacent to an activating group) is 1. The number of thiazole rings is 1. The number of amides is 1. The van der Waals surface area contributed by atoms with Crippen molar-refractivity contribution in [3.63, 3.8) is 0 Å². The molecule has 1 heterocycles. The molecule has 4 nitrogen and oxygen atoms in total. The van der Waals surface area contributed by atoms with Gasteiger partial charge in [-0.3, -0.25) is 9.69 Å². The molecule has 1 N–H and O–H groups in total. The number of benzene rings is 2. The number of carbonyl (C=O) groups is 1. The molecule has 0 aliphatic rings. The van der Waals surface area contributed by atoms with Crippen LogP contribution in [0.15, 0.2) is 42.5 Å². The number of carbonyl (C=O) groups excluding carboxylic acids is 1. The van der Waals surface area contributed by atoms with E-state index in [0.29, 0.717) is 0 Å². The second-order valence-electron chi connectivity index (χ2n) is 5.78. The lowest BCUT2D eigenvalue weighted by Crippen LogP contribution is -2.32. The number of hydrogen-bond donors (Lipinski definition) is 1. The number of anilines is 1. The molecule has 0 radical (unpaired) electrons. The van der Waals surface area contributed by atoms with Gasteiger partial charge in [0, 0.05) is 6.07 Å². The Morgan fingerprint density at radius 3 is 2.76 bits per heavy atom. The monoisotopic (exact) mass is 361 g/mol. The van der Waals surface area contributed by atoms with Crippen molar-refractivity contribution in [1.29, 1.82) is 0 Å². The highest BCUT2D eigenvalue weighted by Crippen LogP contribution is 2.28. The molecule has 1 aromatic heterocycles. The molecule has 0 aliphatic carbocycles. The van der Waals surface area contributed by atoms with Crippen LogP contribution in [0.2, 0.25) is 0 Å². The van der Waals surface area contributed by atoms with Crippen LogP contribution in [0, 0.1) is 11.6 Å². The third-order valence-electron chi connectivity index (χ3n) is 3.93. The number of hydrogen-bond acceptors (Lipinski definition) is 4. The van der Waals surface area contributed by atoms with E-state index in [1.165, 1.54) is 6.07 Å². The lowest BCUT2D eigenvalue weighted by Gasteiger charge is -2.22. The molecular formula is C18H17F2N3OS. The minimum atomic E-state index is -0.796. The SMILES string of the molecule is C[C@@H](c1nc2ccccc2s1)N(C)CC(=O)Nc1ccc(F)cc1F. The van der Waals surface area contributed by atoms with Gasteiger partial charge in [-0.2, -0.15) is 0 Å². The van der Waals surface area contributed by atoms with Crippen LogP contribution >= 0.6 is 11.3 Å². The van der Waals surface area contributed by atoms with E-state index in [-0.39, 0.29) is 24.2 Å². The van der Waals surface area contributed by atoms with Gasteiger partial charge in [-0.05, 0) is 38.2 Å². The molecule has 3 aromatic rings. The Morgan fingerprint density at radius 1 is 1.28 bits per heavy atom. The van der Waals surface area contributed by atoms with E-state index in [2.05, 4.69) is 10.3 Å². The molecule has 0 saturated carbocycles. The largest absolute Gasteiger partial charge is 0.322 e. The molecule has 0 fully saturated rings. The fourth-order valence-electron chi connectivity index (χ4n) is 2.40. The first-order valence-electron chi connectivity index (χ1n) is 7.74. The van der Waals surface area contributed by atoms with Crippen molar-refractivity contribution in [1.82, 2.24) is 9.88 Å². The lowest BCUT2D eigenvalue weighted by atomic mass is 10.2. The summed E-state index contributed by atoms with van der Waals surface area (Å²) >= 11 is 1.58. The van der Waals surface area contributed by atoms with E-state index in [1.54, 1.807) is 18.4 Å². The molecular weight excluding hydrogens is 344 g/mol. The minimum absolute atomic E-state index is 0.0348. The highest BCUT2D eigenvalue weighted by atomic mass is 32.1. The number of para-hydroxylation sites is 1. The van der Waals surface area contributed by atoms with E-state index >= 15 is 0 Å². The van der Waals surface area contributed by atoms with E-state index in [9.17, 15) is 13.6 Å². The number of nitrogens with zero attached hydrogens (tertiary/aromatic N) is 2. The molecule has 0 saturated heterocycles. The summed E-state index contributed by atoms with van der Waals surface area (Å²) < 4.78 is 27.6. The van der Waals surface area contributed by atoms with Crippen molar-refractivity contribution in [3.05, 3.63) is 59.1 Å². The van der Waals surface area contributed by atoms with E-state index in [4.69, 9.17) is 0 Å². The maximum atomic E-state index is 13.6. The Bertz CT molecular complexity index is 879. The van der Waals surface area contributed by atoms with Gasteiger partial charge in [0.2, 0.25) is 5.91 Å². The standard InChI is InChI=1S/C18H17F2N3OS/c1-11(18-22-15-5-3-4-6-16(15)25-18)23(2)10-17(24)21-14-8-7-12(19)9-13(14)20/h3-9,11H,10H2,1-2H3,(H,21,24)/t11-/m0/s1. The third kappa shape index (κ3) is 4.00. The summed E-state index contributed by atoms with van der Waals surface area (Å²) in [5.41, 5.74) is 0.896. The van der Waals surface area contributed by atoms with Gasteiger partial charge < -0.3 is 5.32 Å². The van der Waals surface area contributed by atoms with Crippen LogP contribution in [-0.4, -0.2) is 29.4 Å². The Morgan fingerprint density at radius 2 is 2.04 bits per heavy atom. The van der Waals surface area contributed by atoms with E-state index in [1.807, 2.05) is 36.1 Å². The smallest absolute Gasteiger partial charge is 0.238 e. The Balaban J connectivity index is 1.66. The summed E-state index contributed by atoms with van der Waals surface area (Å²) in [5.74, 6) is -1.85. The zero-order valence-corrected chi connectivity index (χ0v) is 14.6. The topological polar surface area (TPSA) is 45.2 Å². The molecule has 2 aromatic carbocycles. The minimum Gasteiger partial charge on any atom is -0.322 e. The van der Waals surface area contributed by atoms with Gasteiger partial charge in [0.15, 0.2) is 0 Å². The highest BCUT2D eigenvalue weighted by molar-refractivity contribution is 7.18. The van der Waals surface area contributed by atoms with Crippen LogP contribution in [-0.2, 0) is 4.79 Å². The molecule has 0 unspecified atom stereocenters. The second kappa shape index (κ2) is 7.25. The average Bonchev–Trinajstić information content (AvgIpc) is 3.00. The van der Waals surface area contributed by atoms with Crippen molar-refractivity contribution in [2.24, 2.45) is 0 Å². The van der Waals surface area contributed by atoms with Crippen LogP contribution in [0.5, 0.6) is 0 Å². The number of rotatable bonds is 5. The first-order chi connectivity index (χ1) is 11.9.